The van der Waals surface area contributed by atoms with Gasteiger partial charge in [-0.3, -0.25) is 14.4 Å². The minimum Gasteiger partial charge on any atom is -0.360 e. The summed E-state index contributed by atoms with van der Waals surface area (Å²) in [7, 11) is 0. The molecule has 1 aliphatic rings. The molecule has 2 amide bonds. The van der Waals surface area contributed by atoms with Gasteiger partial charge in [0, 0.05) is 48.9 Å². The predicted molar refractivity (Wildman–Crippen MR) is 115 cm³/mol. The molecule has 0 spiro atoms. The lowest BCUT2D eigenvalue weighted by atomic mass is 10.0. The summed E-state index contributed by atoms with van der Waals surface area (Å²) < 4.78 is 14.7. The van der Waals surface area contributed by atoms with E-state index in [2.05, 4.69) is 25.6 Å². The van der Waals surface area contributed by atoms with E-state index in [0.29, 0.717) is 29.7 Å². The second-order valence-corrected chi connectivity index (χ2v) is 7.56. The summed E-state index contributed by atoms with van der Waals surface area (Å²) in [5, 5.41) is 13.6. The van der Waals surface area contributed by atoms with Gasteiger partial charge in [-0.15, -0.1) is 10.2 Å². The largest absolute Gasteiger partial charge is 0.360 e. The number of amides is 2. The van der Waals surface area contributed by atoms with Crippen molar-refractivity contribution in [2.75, 3.05) is 26.2 Å². The number of fused-ring (bicyclic) bond motifs is 1. The van der Waals surface area contributed by atoms with Crippen LogP contribution in [-0.4, -0.2) is 79.2 Å². The Labute approximate surface area is 186 Å². The van der Waals surface area contributed by atoms with Crippen LogP contribution in [0.3, 0.4) is 0 Å². The van der Waals surface area contributed by atoms with E-state index in [-0.39, 0.29) is 35.8 Å². The SMILES string of the molecule is O=C(C(=O)N1CCN(C(=O)c2ccccc2)CC1)c1c[nH]c2c(-c3nn[nH]n3)ccc(F)c12. The van der Waals surface area contributed by atoms with E-state index in [9.17, 15) is 18.8 Å². The van der Waals surface area contributed by atoms with Gasteiger partial charge in [-0.05, 0) is 29.5 Å². The van der Waals surface area contributed by atoms with Crippen molar-refractivity contribution in [3.63, 3.8) is 0 Å². The number of halogens is 1. The van der Waals surface area contributed by atoms with Crippen LogP contribution in [0.4, 0.5) is 4.39 Å². The van der Waals surface area contributed by atoms with Crippen LogP contribution in [0, 0.1) is 5.82 Å². The van der Waals surface area contributed by atoms with Crippen LogP contribution in [-0.2, 0) is 4.79 Å². The lowest BCUT2D eigenvalue weighted by Crippen LogP contribution is -2.52. The van der Waals surface area contributed by atoms with Crippen molar-refractivity contribution >= 4 is 28.5 Å². The zero-order valence-electron chi connectivity index (χ0n) is 17.3. The molecule has 0 saturated carbocycles. The lowest BCUT2D eigenvalue weighted by Gasteiger charge is -2.34. The normalized spacial score (nSPS) is 14.0. The van der Waals surface area contributed by atoms with Gasteiger partial charge >= 0.3 is 0 Å². The molecular weight excluding hydrogens is 429 g/mol. The fourth-order valence-electron chi connectivity index (χ4n) is 3.98. The molecule has 1 saturated heterocycles. The number of benzene rings is 2. The van der Waals surface area contributed by atoms with Crippen molar-refractivity contribution in [3.8, 4) is 11.4 Å². The van der Waals surface area contributed by atoms with Crippen molar-refractivity contribution < 1.29 is 18.8 Å². The first kappa shape index (κ1) is 20.5. The molecule has 11 heteroatoms. The molecule has 166 valence electrons. The molecule has 0 atom stereocenters. The van der Waals surface area contributed by atoms with Crippen LogP contribution in [0.1, 0.15) is 20.7 Å². The summed E-state index contributed by atoms with van der Waals surface area (Å²) in [6.07, 6.45) is 1.31. The average molecular weight is 447 g/mol. The number of Topliss-reactive ketones (excluding diaryl/α,β-unsaturated/α-hetero) is 1. The van der Waals surface area contributed by atoms with Crippen LogP contribution < -0.4 is 0 Å². The molecule has 0 unspecified atom stereocenters. The Hall–Kier alpha value is -4.41. The number of ketones is 1. The van der Waals surface area contributed by atoms with E-state index in [1.54, 1.807) is 29.2 Å². The van der Waals surface area contributed by atoms with Gasteiger partial charge in [0.05, 0.1) is 11.1 Å². The Kier molecular flexibility index (Phi) is 5.13. The highest BCUT2D eigenvalue weighted by atomic mass is 19.1. The number of tetrazole rings is 1. The average Bonchev–Trinajstić information content (AvgIpc) is 3.55. The summed E-state index contributed by atoms with van der Waals surface area (Å²) in [5.74, 6) is -2.11. The Balaban J connectivity index is 1.34. The Morgan fingerprint density at radius 2 is 1.67 bits per heavy atom. The van der Waals surface area contributed by atoms with Gasteiger partial charge in [-0.1, -0.05) is 18.2 Å². The summed E-state index contributed by atoms with van der Waals surface area (Å²) in [5.41, 5.74) is 1.24. The Morgan fingerprint density at radius 3 is 2.36 bits per heavy atom. The van der Waals surface area contributed by atoms with E-state index in [0.717, 1.165) is 0 Å². The quantitative estimate of drug-likeness (QED) is 0.362. The van der Waals surface area contributed by atoms with E-state index >= 15 is 0 Å². The lowest BCUT2D eigenvalue weighted by molar-refractivity contribution is -0.127. The number of rotatable bonds is 4. The fourth-order valence-corrected chi connectivity index (χ4v) is 3.98. The first-order valence-corrected chi connectivity index (χ1v) is 10.3. The highest BCUT2D eigenvalue weighted by Crippen LogP contribution is 2.30. The molecule has 2 aromatic heterocycles. The number of carbonyl (C=O) groups is 3. The maximum absolute atomic E-state index is 14.7. The first-order valence-electron chi connectivity index (χ1n) is 10.3. The second-order valence-electron chi connectivity index (χ2n) is 7.56. The standard InChI is InChI=1S/C22H18FN7O3/c23-16-7-6-14(20-25-27-28-26-20)18-17(16)15(12-24-18)19(31)22(33)30-10-8-29(9-11-30)21(32)13-4-2-1-3-5-13/h1-7,12,24H,8-11H2,(H,25,26,27,28). The van der Waals surface area contributed by atoms with Crippen LogP contribution in [0.5, 0.6) is 0 Å². The molecule has 5 rings (SSSR count). The summed E-state index contributed by atoms with van der Waals surface area (Å²) >= 11 is 0. The monoisotopic (exact) mass is 447 g/mol. The number of carbonyl (C=O) groups excluding carboxylic acids is 3. The number of aromatic amines is 2. The molecule has 0 bridgehead atoms. The van der Waals surface area contributed by atoms with Gasteiger partial charge in [0.2, 0.25) is 5.82 Å². The molecule has 1 aliphatic heterocycles. The highest BCUT2D eigenvalue weighted by Gasteiger charge is 2.31. The molecule has 2 N–H and O–H groups in total. The third-order valence-corrected chi connectivity index (χ3v) is 5.68. The van der Waals surface area contributed by atoms with Crippen molar-refractivity contribution in [2.45, 2.75) is 0 Å². The first-order chi connectivity index (χ1) is 16.0. The molecule has 0 aliphatic carbocycles. The number of nitrogens with one attached hydrogen (secondary N) is 2. The molecule has 4 aromatic rings. The van der Waals surface area contributed by atoms with Gasteiger partial charge in [-0.2, -0.15) is 5.21 Å². The summed E-state index contributed by atoms with van der Waals surface area (Å²) in [6.45, 7) is 1.03. The van der Waals surface area contributed by atoms with E-state index in [1.807, 2.05) is 6.07 Å². The van der Waals surface area contributed by atoms with Crippen molar-refractivity contribution in [1.82, 2.24) is 35.4 Å². The van der Waals surface area contributed by atoms with Crippen LogP contribution in [0.25, 0.3) is 22.3 Å². The minimum absolute atomic E-state index is 0.00598. The highest BCUT2D eigenvalue weighted by molar-refractivity contribution is 6.45. The number of piperazine rings is 1. The number of H-pyrrole nitrogens is 2. The predicted octanol–water partition coefficient (Wildman–Crippen LogP) is 1.65. The smallest absolute Gasteiger partial charge is 0.295 e. The van der Waals surface area contributed by atoms with Gasteiger partial charge in [0.1, 0.15) is 5.82 Å². The maximum Gasteiger partial charge on any atom is 0.295 e. The fraction of sp³-hybridized carbons (Fsp3) is 0.182. The van der Waals surface area contributed by atoms with E-state index < -0.39 is 17.5 Å². The second kappa shape index (κ2) is 8.26. The number of aromatic nitrogens is 5. The number of nitrogens with zero attached hydrogens (tertiary/aromatic N) is 5. The zero-order chi connectivity index (χ0) is 22.9. The Morgan fingerprint density at radius 1 is 0.939 bits per heavy atom. The van der Waals surface area contributed by atoms with Crippen molar-refractivity contribution in [2.24, 2.45) is 0 Å². The maximum atomic E-state index is 14.7. The van der Waals surface area contributed by atoms with Gasteiger partial charge in [0.15, 0.2) is 0 Å². The van der Waals surface area contributed by atoms with Crippen LogP contribution >= 0.6 is 0 Å². The van der Waals surface area contributed by atoms with Crippen molar-refractivity contribution in [3.05, 3.63) is 65.6 Å². The third kappa shape index (κ3) is 3.63. The van der Waals surface area contributed by atoms with Gasteiger partial charge in [-0.25, -0.2) is 4.39 Å². The topological polar surface area (TPSA) is 128 Å². The summed E-state index contributed by atoms with van der Waals surface area (Å²) in [6, 6.07) is 11.5. The van der Waals surface area contributed by atoms with Gasteiger partial charge in [0.25, 0.3) is 17.6 Å². The van der Waals surface area contributed by atoms with Crippen LogP contribution in [0.15, 0.2) is 48.7 Å². The van der Waals surface area contributed by atoms with E-state index in [4.69, 9.17) is 0 Å². The minimum atomic E-state index is -0.826. The number of hydrogen-bond donors (Lipinski definition) is 2. The van der Waals surface area contributed by atoms with Gasteiger partial charge < -0.3 is 14.8 Å². The molecule has 33 heavy (non-hydrogen) atoms. The van der Waals surface area contributed by atoms with Crippen molar-refractivity contribution in [1.29, 1.82) is 0 Å². The molecular formula is C22H18FN7O3. The molecule has 10 nitrogen and oxygen atoms in total. The van der Waals surface area contributed by atoms with Crippen LogP contribution in [0.2, 0.25) is 0 Å². The molecule has 3 heterocycles. The van der Waals surface area contributed by atoms with E-state index in [1.165, 1.54) is 23.2 Å². The number of hydrogen-bond acceptors (Lipinski definition) is 6. The zero-order valence-corrected chi connectivity index (χ0v) is 17.3. The summed E-state index contributed by atoms with van der Waals surface area (Å²) in [4.78, 5) is 44.4. The molecule has 0 radical (unpaired) electrons. The third-order valence-electron chi connectivity index (χ3n) is 5.68. The molecule has 1 fully saturated rings. The molecule has 2 aromatic carbocycles. The Bertz CT molecular complexity index is 1340.